The zero-order valence-corrected chi connectivity index (χ0v) is 11.6. The van der Waals surface area contributed by atoms with Gasteiger partial charge >= 0.3 is 91.5 Å². The van der Waals surface area contributed by atoms with Gasteiger partial charge in [-0.15, -0.1) is 0 Å². The van der Waals surface area contributed by atoms with Crippen LogP contribution in [-0.2, 0) is 0 Å². The summed E-state index contributed by atoms with van der Waals surface area (Å²) >= 11 is 0.647. The summed E-state index contributed by atoms with van der Waals surface area (Å²) in [7, 11) is 0. The first kappa shape index (κ1) is 12.1. The van der Waals surface area contributed by atoms with Gasteiger partial charge < -0.3 is 0 Å². The summed E-state index contributed by atoms with van der Waals surface area (Å²) in [6, 6.07) is 0. The molecule has 0 atom stereocenters. The molecule has 11 heavy (non-hydrogen) atoms. The quantitative estimate of drug-likeness (QED) is 0.346. The van der Waals surface area contributed by atoms with E-state index in [1.165, 1.54) is 24.3 Å². The van der Waals surface area contributed by atoms with Crippen LogP contribution in [0.5, 0.6) is 0 Å². The maximum absolute atomic E-state index is 3.74. The first-order valence-corrected chi connectivity index (χ1v) is 10.4. The Hall–Kier alpha value is 1.06. The van der Waals surface area contributed by atoms with E-state index in [9.17, 15) is 0 Å². The normalized spacial score (nSPS) is 9.45. The Balaban J connectivity index is 2.79. The molecule has 0 spiro atoms. The van der Waals surface area contributed by atoms with Crippen molar-refractivity contribution in [1.82, 2.24) is 0 Å². The second-order valence-corrected chi connectivity index (χ2v) is 8.64. The third-order valence-corrected chi connectivity index (χ3v) is 7.04. The van der Waals surface area contributed by atoms with Gasteiger partial charge in [0.05, 0.1) is 0 Å². The predicted molar refractivity (Wildman–Crippen MR) is 55.7 cm³/mol. The van der Waals surface area contributed by atoms with Gasteiger partial charge in [0.15, 0.2) is 0 Å². The molecule has 0 bridgehead atoms. The van der Waals surface area contributed by atoms with Crippen LogP contribution in [0.1, 0.15) is 6.42 Å². The molecule has 0 aromatic carbocycles. The van der Waals surface area contributed by atoms with Crippen LogP contribution < -0.4 is 0 Å². The van der Waals surface area contributed by atoms with Gasteiger partial charge in [0, 0.05) is 0 Å². The first-order valence-electron chi connectivity index (χ1n) is 3.79. The molecule has 2 heteroatoms. The molecule has 0 fully saturated rings. The molecule has 0 saturated heterocycles. The molecule has 0 aromatic heterocycles. The van der Waals surface area contributed by atoms with Gasteiger partial charge in [0.25, 0.3) is 0 Å². The second-order valence-electron chi connectivity index (χ2n) is 2.08. The van der Waals surface area contributed by atoms with Gasteiger partial charge in [-0.05, 0) is 0 Å². The van der Waals surface area contributed by atoms with Gasteiger partial charge in [0.2, 0.25) is 0 Å². The summed E-state index contributed by atoms with van der Waals surface area (Å²) in [5.74, 6) is 0. The molecule has 0 aliphatic heterocycles. The van der Waals surface area contributed by atoms with Crippen LogP contribution in [0.25, 0.3) is 0 Å². The van der Waals surface area contributed by atoms with Crippen LogP contribution in [0.15, 0.2) is 25.3 Å². The molecule has 0 saturated carbocycles. The van der Waals surface area contributed by atoms with E-state index in [0.29, 0.717) is 41.8 Å². The molecule has 64 valence electrons. The molecule has 0 rings (SSSR count). The number of rotatable bonds is 8. The Morgan fingerprint density at radius 1 is 0.909 bits per heavy atom. The number of hydrogen-bond donors (Lipinski definition) is 0. The molecule has 0 radical (unpaired) electrons. The molecular weight excluding hydrogens is 363 g/mol. The van der Waals surface area contributed by atoms with Crippen LogP contribution in [0, 0.1) is 0 Å². The third kappa shape index (κ3) is 11.1. The fraction of sp³-hybridized carbons (Fsp3) is 0.556. The average molecular weight is 379 g/mol. The number of hydrogen-bond acceptors (Lipinski definition) is 0. The predicted octanol–water partition coefficient (Wildman–Crippen LogP) is 2.83. The maximum atomic E-state index is 3.74. The summed E-state index contributed by atoms with van der Waals surface area (Å²) in [5.41, 5.74) is 0. The van der Waals surface area contributed by atoms with E-state index in [0.717, 1.165) is 0 Å². The van der Waals surface area contributed by atoms with Crippen molar-refractivity contribution >= 4 is 41.8 Å². The monoisotopic (exact) mass is 384 g/mol. The van der Waals surface area contributed by atoms with Crippen molar-refractivity contribution in [3.05, 3.63) is 25.3 Å². The van der Waals surface area contributed by atoms with Crippen molar-refractivity contribution in [1.29, 1.82) is 0 Å². The van der Waals surface area contributed by atoms with Crippen molar-refractivity contribution in [2.75, 3.05) is 0 Å². The van der Waals surface area contributed by atoms with E-state index in [2.05, 4.69) is 25.3 Å². The van der Waals surface area contributed by atoms with E-state index in [1.54, 1.807) is 0 Å². The summed E-state index contributed by atoms with van der Waals surface area (Å²) in [5, 5.41) is 0. The summed E-state index contributed by atoms with van der Waals surface area (Å²) in [6.07, 6.45) is 5.64. The molecule has 0 N–H and O–H groups in total. The fourth-order valence-corrected chi connectivity index (χ4v) is 6.26. The van der Waals surface area contributed by atoms with Crippen LogP contribution in [0.2, 0.25) is 17.9 Å². The van der Waals surface area contributed by atoms with Gasteiger partial charge in [-0.2, -0.15) is 0 Å². The van der Waals surface area contributed by atoms with Crippen LogP contribution in [0.4, 0.5) is 0 Å². The van der Waals surface area contributed by atoms with E-state index in [-0.39, 0.29) is 0 Å². The van der Waals surface area contributed by atoms with Gasteiger partial charge in [-0.3, -0.25) is 0 Å². The number of allylic oxidation sites excluding steroid dienone is 2. The van der Waals surface area contributed by atoms with E-state index in [1.807, 2.05) is 0 Å². The SMILES string of the molecule is C=CC[Te]CCC[Te]CC=C. The average Bonchev–Trinajstić information content (AvgIpc) is 2.03. The standard InChI is InChI=1S/C9H16Te2/c1-3-6-10-8-5-9-11-7-4-2/h3-4H,1-2,5-9H2. The molecule has 0 aromatic rings. The molecule has 0 aliphatic carbocycles. The van der Waals surface area contributed by atoms with Crippen LogP contribution >= 0.6 is 0 Å². The minimum atomic E-state index is 0.323. The van der Waals surface area contributed by atoms with E-state index in [4.69, 9.17) is 0 Å². The molecule has 0 aliphatic rings. The van der Waals surface area contributed by atoms with Crippen molar-refractivity contribution in [2.45, 2.75) is 24.3 Å². The van der Waals surface area contributed by atoms with E-state index < -0.39 is 0 Å². The Kier molecular flexibility index (Phi) is 12.1. The molecule has 0 nitrogen and oxygen atoms in total. The zero-order chi connectivity index (χ0) is 8.36. The second kappa shape index (κ2) is 11.1. The van der Waals surface area contributed by atoms with Gasteiger partial charge in [0.1, 0.15) is 0 Å². The molecular formula is C9H16Te2. The van der Waals surface area contributed by atoms with Crippen molar-refractivity contribution in [2.24, 2.45) is 0 Å². The first-order chi connectivity index (χ1) is 5.41. The van der Waals surface area contributed by atoms with Crippen molar-refractivity contribution in [3.63, 3.8) is 0 Å². The Bertz CT molecular complexity index is 87.7. The Labute approximate surface area is 90.7 Å². The Morgan fingerprint density at radius 2 is 1.36 bits per heavy atom. The summed E-state index contributed by atoms with van der Waals surface area (Å²) < 4.78 is 5.71. The summed E-state index contributed by atoms with van der Waals surface area (Å²) in [4.78, 5) is 0. The zero-order valence-electron chi connectivity index (χ0n) is 6.92. The van der Waals surface area contributed by atoms with Crippen LogP contribution in [0.3, 0.4) is 0 Å². The molecule has 0 amide bonds. The molecule has 0 unspecified atom stereocenters. The third-order valence-electron chi connectivity index (χ3n) is 1.05. The van der Waals surface area contributed by atoms with Crippen LogP contribution in [-0.4, -0.2) is 41.8 Å². The van der Waals surface area contributed by atoms with Gasteiger partial charge in [-0.25, -0.2) is 0 Å². The molecule has 0 heterocycles. The minimum absolute atomic E-state index is 0.323. The topological polar surface area (TPSA) is 0 Å². The van der Waals surface area contributed by atoms with Crippen molar-refractivity contribution in [3.8, 4) is 0 Å². The van der Waals surface area contributed by atoms with E-state index >= 15 is 0 Å². The fourth-order valence-electron chi connectivity index (χ4n) is 0.596. The Morgan fingerprint density at radius 3 is 1.73 bits per heavy atom. The van der Waals surface area contributed by atoms with Gasteiger partial charge in [-0.1, -0.05) is 0 Å². The summed E-state index contributed by atoms with van der Waals surface area (Å²) in [6.45, 7) is 7.47. The van der Waals surface area contributed by atoms with Crippen molar-refractivity contribution < 1.29 is 0 Å².